The van der Waals surface area contributed by atoms with Crippen molar-refractivity contribution in [3.05, 3.63) is 35.1 Å². The second-order valence-electron chi connectivity index (χ2n) is 4.09. The maximum absolute atomic E-state index is 13.5. The number of halogens is 1. The van der Waals surface area contributed by atoms with Crippen LogP contribution in [0, 0.1) is 12.7 Å². The van der Waals surface area contributed by atoms with Gasteiger partial charge in [-0.25, -0.2) is 9.18 Å². The fourth-order valence-corrected chi connectivity index (χ4v) is 1.77. The third kappa shape index (κ3) is 3.81. The van der Waals surface area contributed by atoms with E-state index in [0.29, 0.717) is 12.1 Å². The normalized spacial score (nSPS) is 10.7. The summed E-state index contributed by atoms with van der Waals surface area (Å²) in [6, 6.07) is 4.55. The molecule has 0 aliphatic rings. The molecule has 18 heavy (non-hydrogen) atoms. The second-order valence-corrected chi connectivity index (χ2v) is 4.09. The highest BCUT2D eigenvalue weighted by molar-refractivity contribution is 5.91. The Bertz CT molecular complexity index is 383. The molecular weight excluding hydrogens is 233 g/mol. The summed E-state index contributed by atoms with van der Waals surface area (Å²) in [6.07, 6.45) is 0. The first-order valence-corrected chi connectivity index (χ1v) is 6.24. The second kappa shape index (κ2) is 7.11. The van der Waals surface area contributed by atoms with Gasteiger partial charge in [-0.3, -0.25) is 0 Å². The topological polar surface area (TPSA) is 29.5 Å². The van der Waals surface area contributed by atoms with Crippen LogP contribution >= 0.6 is 0 Å². The van der Waals surface area contributed by atoms with Gasteiger partial charge in [0.05, 0.1) is 5.56 Å². The van der Waals surface area contributed by atoms with Gasteiger partial charge in [0.2, 0.25) is 0 Å². The molecule has 0 unspecified atom stereocenters. The molecule has 0 aromatic heterocycles. The molecule has 0 heterocycles. The van der Waals surface area contributed by atoms with E-state index in [1.807, 2.05) is 13.8 Å². The van der Waals surface area contributed by atoms with Crippen LogP contribution in [0.3, 0.4) is 0 Å². The Balaban J connectivity index is 2.56. The number of rotatable bonds is 6. The van der Waals surface area contributed by atoms with Crippen molar-refractivity contribution in [2.24, 2.45) is 0 Å². The van der Waals surface area contributed by atoms with Gasteiger partial charge in [-0.05, 0) is 31.6 Å². The van der Waals surface area contributed by atoms with Gasteiger partial charge in [-0.2, -0.15) is 0 Å². The lowest BCUT2D eigenvalue weighted by Crippen LogP contribution is -2.28. The number of carbonyl (C=O) groups excluding carboxylic acids is 1. The van der Waals surface area contributed by atoms with Gasteiger partial charge < -0.3 is 9.64 Å². The highest BCUT2D eigenvalue weighted by atomic mass is 19.1. The summed E-state index contributed by atoms with van der Waals surface area (Å²) >= 11 is 0. The zero-order valence-corrected chi connectivity index (χ0v) is 11.2. The van der Waals surface area contributed by atoms with Crippen molar-refractivity contribution < 1.29 is 13.9 Å². The molecule has 0 bridgehead atoms. The van der Waals surface area contributed by atoms with E-state index in [0.717, 1.165) is 13.1 Å². The van der Waals surface area contributed by atoms with Gasteiger partial charge in [-0.15, -0.1) is 0 Å². The van der Waals surface area contributed by atoms with Crippen LogP contribution in [0.2, 0.25) is 0 Å². The first-order chi connectivity index (χ1) is 8.60. The van der Waals surface area contributed by atoms with E-state index < -0.39 is 11.8 Å². The molecule has 1 aromatic rings. The molecular formula is C14H20FNO2. The Hall–Kier alpha value is -1.42. The monoisotopic (exact) mass is 253 g/mol. The maximum Gasteiger partial charge on any atom is 0.341 e. The van der Waals surface area contributed by atoms with Crippen molar-refractivity contribution in [3.63, 3.8) is 0 Å². The average molecular weight is 253 g/mol. The SMILES string of the molecule is CCN(CC)CCOC(=O)c1c(C)cccc1F. The Morgan fingerprint density at radius 1 is 1.33 bits per heavy atom. The van der Waals surface area contributed by atoms with E-state index in [4.69, 9.17) is 4.74 Å². The predicted octanol–water partition coefficient (Wildman–Crippen LogP) is 2.63. The number of carbonyl (C=O) groups is 1. The third-order valence-corrected chi connectivity index (χ3v) is 2.96. The highest BCUT2D eigenvalue weighted by Crippen LogP contribution is 2.13. The van der Waals surface area contributed by atoms with Crippen LogP contribution < -0.4 is 0 Å². The fraction of sp³-hybridized carbons (Fsp3) is 0.500. The molecule has 100 valence electrons. The predicted molar refractivity (Wildman–Crippen MR) is 69.2 cm³/mol. The summed E-state index contributed by atoms with van der Waals surface area (Å²) in [4.78, 5) is 13.9. The summed E-state index contributed by atoms with van der Waals surface area (Å²) in [5.74, 6) is -1.11. The standard InChI is InChI=1S/C14H20FNO2/c1-4-16(5-2)9-10-18-14(17)13-11(3)7-6-8-12(13)15/h6-8H,4-5,9-10H2,1-3H3. The Kier molecular flexibility index (Phi) is 5.78. The quantitative estimate of drug-likeness (QED) is 0.730. The number of hydrogen-bond acceptors (Lipinski definition) is 3. The molecule has 1 rings (SSSR count). The van der Waals surface area contributed by atoms with Crippen molar-refractivity contribution in [1.82, 2.24) is 4.90 Å². The van der Waals surface area contributed by atoms with Crippen LogP contribution in [0.25, 0.3) is 0 Å². The number of ether oxygens (including phenoxy) is 1. The van der Waals surface area contributed by atoms with Crippen molar-refractivity contribution in [1.29, 1.82) is 0 Å². The maximum atomic E-state index is 13.5. The first kappa shape index (κ1) is 14.6. The largest absolute Gasteiger partial charge is 0.461 e. The first-order valence-electron chi connectivity index (χ1n) is 6.24. The number of esters is 1. The molecule has 0 saturated carbocycles. The molecule has 0 atom stereocenters. The van der Waals surface area contributed by atoms with E-state index in [1.165, 1.54) is 6.07 Å². The minimum absolute atomic E-state index is 0.0389. The number of benzene rings is 1. The van der Waals surface area contributed by atoms with Gasteiger partial charge in [0.25, 0.3) is 0 Å². The molecule has 0 amide bonds. The minimum atomic E-state index is -0.585. The Morgan fingerprint density at radius 2 is 2.00 bits per heavy atom. The van der Waals surface area contributed by atoms with Crippen LogP contribution in [-0.4, -0.2) is 37.1 Å². The van der Waals surface area contributed by atoms with Crippen molar-refractivity contribution in [2.45, 2.75) is 20.8 Å². The van der Waals surface area contributed by atoms with Crippen LogP contribution in [0.15, 0.2) is 18.2 Å². The lowest BCUT2D eigenvalue weighted by atomic mass is 10.1. The van der Waals surface area contributed by atoms with Crippen LogP contribution in [0.1, 0.15) is 29.8 Å². The molecule has 0 fully saturated rings. The van der Waals surface area contributed by atoms with E-state index >= 15 is 0 Å². The van der Waals surface area contributed by atoms with Gasteiger partial charge in [-0.1, -0.05) is 26.0 Å². The average Bonchev–Trinajstić information content (AvgIpc) is 2.34. The van der Waals surface area contributed by atoms with Crippen LogP contribution in [0.5, 0.6) is 0 Å². The molecule has 3 nitrogen and oxygen atoms in total. The Labute approximate surface area is 108 Å². The molecule has 0 saturated heterocycles. The lowest BCUT2D eigenvalue weighted by Gasteiger charge is -2.17. The summed E-state index contributed by atoms with van der Waals surface area (Å²) in [6.45, 7) is 8.57. The van der Waals surface area contributed by atoms with Crippen molar-refractivity contribution >= 4 is 5.97 Å². The van der Waals surface area contributed by atoms with Crippen LogP contribution in [0.4, 0.5) is 4.39 Å². The van der Waals surface area contributed by atoms with Gasteiger partial charge in [0.1, 0.15) is 12.4 Å². The smallest absolute Gasteiger partial charge is 0.341 e. The summed E-state index contributed by atoms with van der Waals surface area (Å²) in [5, 5.41) is 0. The summed E-state index contributed by atoms with van der Waals surface area (Å²) in [5.41, 5.74) is 0.639. The van der Waals surface area contributed by atoms with Gasteiger partial charge >= 0.3 is 5.97 Å². The number of hydrogen-bond donors (Lipinski definition) is 0. The molecule has 0 aliphatic heterocycles. The molecule has 0 spiro atoms. The minimum Gasteiger partial charge on any atom is -0.461 e. The van der Waals surface area contributed by atoms with E-state index in [1.54, 1.807) is 19.1 Å². The summed E-state index contributed by atoms with van der Waals surface area (Å²) < 4.78 is 18.6. The zero-order valence-electron chi connectivity index (χ0n) is 11.2. The number of likely N-dealkylation sites (N-methyl/N-ethyl adjacent to an activating group) is 1. The van der Waals surface area contributed by atoms with E-state index in [2.05, 4.69) is 4.90 Å². The number of nitrogens with zero attached hydrogens (tertiary/aromatic N) is 1. The van der Waals surface area contributed by atoms with Crippen LogP contribution in [-0.2, 0) is 4.74 Å². The molecule has 0 N–H and O–H groups in total. The van der Waals surface area contributed by atoms with E-state index in [-0.39, 0.29) is 12.2 Å². The highest BCUT2D eigenvalue weighted by Gasteiger charge is 2.15. The fourth-order valence-electron chi connectivity index (χ4n) is 1.77. The summed E-state index contributed by atoms with van der Waals surface area (Å²) in [7, 11) is 0. The van der Waals surface area contributed by atoms with Crippen molar-refractivity contribution in [3.8, 4) is 0 Å². The molecule has 0 aliphatic carbocycles. The van der Waals surface area contributed by atoms with Gasteiger partial charge in [0, 0.05) is 6.54 Å². The molecule has 4 heteroatoms. The van der Waals surface area contributed by atoms with Crippen molar-refractivity contribution in [2.75, 3.05) is 26.2 Å². The Morgan fingerprint density at radius 3 is 2.56 bits per heavy atom. The number of aryl methyl sites for hydroxylation is 1. The molecule has 0 radical (unpaired) electrons. The zero-order chi connectivity index (χ0) is 13.5. The third-order valence-electron chi connectivity index (χ3n) is 2.96. The lowest BCUT2D eigenvalue weighted by molar-refractivity contribution is 0.0460. The van der Waals surface area contributed by atoms with Gasteiger partial charge in [0.15, 0.2) is 0 Å². The van der Waals surface area contributed by atoms with E-state index in [9.17, 15) is 9.18 Å². The molecule has 1 aromatic carbocycles.